The molecule has 0 unspecified atom stereocenters. The van der Waals surface area contributed by atoms with E-state index in [2.05, 4.69) is 29.0 Å². The number of anilines is 1. The van der Waals surface area contributed by atoms with Crippen molar-refractivity contribution in [3.63, 3.8) is 0 Å². The number of aryl methyl sites for hydroxylation is 1. The van der Waals surface area contributed by atoms with E-state index in [0.29, 0.717) is 17.3 Å². The van der Waals surface area contributed by atoms with Crippen molar-refractivity contribution >= 4 is 35.0 Å². The molecule has 1 heterocycles. The van der Waals surface area contributed by atoms with Gasteiger partial charge in [-0.25, -0.2) is 0 Å². The molecule has 0 fully saturated rings. The van der Waals surface area contributed by atoms with Gasteiger partial charge in [-0.1, -0.05) is 48.8 Å². The van der Waals surface area contributed by atoms with Crippen LogP contribution in [0.3, 0.4) is 0 Å². The Morgan fingerprint density at radius 3 is 3.00 bits per heavy atom. The van der Waals surface area contributed by atoms with E-state index in [-0.39, 0.29) is 11.7 Å². The average molecular weight is 365 g/mol. The van der Waals surface area contributed by atoms with Crippen LogP contribution in [0.4, 0.5) is 5.69 Å². The highest BCUT2D eigenvalue weighted by Gasteiger charge is 2.13. The van der Waals surface area contributed by atoms with Crippen LogP contribution in [0.15, 0.2) is 42.1 Å². The highest BCUT2D eigenvalue weighted by atomic mass is 35.5. The summed E-state index contributed by atoms with van der Waals surface area (Å²) in [6.07, 6.45) is 4.86. The zero-order chi connectivity index (χ0) is 17.4. The van der Waals surface area contributed by atoms with Gasteiger partial charge in [-0.15, -0.1) is 16.8 Å². The first kappa shape index (κ1) is 18.5. The van der Waals surface area contributed by atoms with Crippen LogP contribution in [-0.2, 0) is 17.8 Å². The van der Waals surface area contributed by atoms with Gasteiger partial charge in [0.05, 0.1) is 5.75 Å². The standard InChI is InChI=1S/C17H21ClN4OS/c1-3-5-9-15-20-21-17(22(15)10-4-2)24-12-16(23)19-14-8-6-7-13(18)11-14/h4,6-8,11H,2-3,5,9-10,12H2,1H3,(H,19,23). The third-order valence-electron chi connectivity index (χ3n) is 3.30. The smallest absolute Gasteiger partial charge is 0.234 e. The minimum Gasteiger partial charge on any atom is -0.325 e. The number of aromatic nitrogens is 3. The van der Waals surface area contributed by atoms with Gasteiger partial charge in [0, 0.05) is 23.7 Å². The molecule has 0 saturated carbocycles. The summed E-state index contributed by atoms with van der Waals surface area (Å²) in [4.78, 5) is 12.1. The van der Waals surface area contributed by atoms with Gasteiger partial charge in [-0.05, 0) is 24.6 Å². The van der Waals surface area contributed by atoms with Crippen molar-refractivity contribution < 1.29 is 4.79 Å². The molecule has 0 saturated heterocycles. The van der Waals surface area contributed by atoms with Gasteiger partial charge in [-0.3, -0.25) is 4.79 Å². The number of hydrogen-bond acceptors (Lipinski definition) is 4. The highest BCUT2D eigenvalue weighted by Crippen LogP contribution is 2.20. The summed E-state index contributed by atoms with van der Waals surface area (Å²) in [6.45, 7) is 6.57. The molecular weight excluding hydrogens is 344 g/mol. The normalized spacial score (nSPS) is 10.6. The second-order valence-corrected chi connectivity index (χ2v) is 6.63. The highest BCUT2D eigenvalue weighted by molar-refractivity contribution is 7.99. The number of halogens is 1. The minimum absolute atomic E-state index is 0.106. The molecule has 0 aliphatic heterocycles. The van der Waals surface area contributed by atoms with Crippen LogP contribution >= 0.6 is 23.4 Å². The van der Waals surface area contributed by atoms with Crippen molar-refractivity contribution in [2.24, 2.45) is 0 Å². The lowest BCUT2D eigenvalue weighted by atomic mass is 10.2. The Kier molecular flexibility index (Phi) is 7.34. The maximum atomic E-state index is 12.1. The molecule has 0 atom stereocenters. The number of carbonyl (C=O) groups excluding carboxylic acids is 1. The Labute approximate surface area is 151 Å². The fourth-order valence-electron chi connectivity index (χ4n) is 2.15. The third kappa shape index (κ3) is 5.39. The molecule has 128 valence electrons. The maximum absolute atomic E-state index is 12.1. The second-order valence-electron chi connectivity index (χ2n) is 5.25. The lowest BCUT2D eigenvalue weighted by molar-refractivity contribution is -0.113. The number of amides is 1. The van der Waals surface area contributed by atoms with Gasteiger partial charge in [0.2, 0.25) is 5.91 Å². The summed E-state index contributed by atoms with van der Waals surface area (Å²) < 4.78 is 2.01. The largest absolute Gasteiger partial charge is 0.325 e. The van der Waals surface area contributed by atoms with E-state index in [1.165, 1.54) is 11.8 Å². The molecule has 1 amide bonds. The quantitative estimate of drug-likeness (QED) is 0.535. The van der Waals surface area contributed by atoms with E-state index >= 15 is 0 Å². The van der Waals surface area contributed by atoms with Crippen LogP contribution < -0.4 is 5.32 Å². The first-order chi connectivity index (χ1) is 11.6. The fraction of sp³-hybridized carbons (Fsp3) is 0.353. The predicted octanol–water partition coefficient (Wildman–Crippen LogP) is 4.19. The molecule has 0 aliphatic rings. The maximum Gasteiger partial charge on any atom is 0.234 e. The van der Waals surface area contributed by atoms with Gasteiger partial charge in [0.25, 0.3) is 0 Å². The Balaban J connectivity index is 1.96. The van der Waals surface area contributed by atoms with Crippen LogP contribution in [0.1, 0.15) is 25.6 Å². The third-order valence-corrected chi connectivity index (χ3v) is 4.50. The molecule has 1 N–H and O–H groups in total. The first-order valence-corrected chi connectivity index (χ1v) is 9.21. The lowest BCUT2D eigenvalue weighted by Crippen LogP contribution is -2.14. The van der Waals surface area contributed by atoms with Crippen molar-refractivity contribution in [1.82, 2.24) is 14.8 Å². The summed E-state index contributed by atoms with van der Waals surface area (Å²) in [5.41, 5.74) is 0.685. The number of allylic oxidation sites excluding steroid dienone is 1. The Morgan fingerprint density at radius 1 is 1.46 bits per heavy atom. The van der Waals surface area contributed by atoms with Crippen molar-refractivity contribution in [2.45, 2.75) is 37.9 Å². The van der Waals surface area contributed by atoms with E-state index in [1.54, 1.807) is 24.3 Å². The summed E-state index contributed by atoms with van der Waals surface area (Å²) in [5.74, 6) is 1.09. The van der Waals surface area contributed by atoms with Gasteiger partial charge in [0.1, 0.15) is 5.82 Å². The van der Waals surface area contributed by atoms with Gasteiger partial charge >= 0.3 is 0 Å². The summed E-state index contributed by atoms with van der Waals surface area (Å²) in [6, 6.07) is 7.08. The number of thioether (sulfide) groups is 1. The molecule has 7 heteroatoms. The van der Waals surface area contributed by atoms with Crippen molar-refractivity contribution in [3.05, 3.63) is 47.8 Å². The fourth-order valence-corrected chi connectivity index (χ4v) is 3.11. The zero-order valence-electron chi connectivity index (χ0n) is 13.7. The summed E-state index contributed by atoms with van der Waals surface area (Å²) in [7, 11) is 0. The lowest BCUT2D eigenvalue weighted by Gasteiger charge is -2.08. The van der Waals surface area contributed by atoms with Crippen LogP contribution in [-0.4, -0.2) is 26.4 Å². The van der Waals surface area contributed by atoms with Gasteiger partial charge in [0.15, 0.2) is 5.16 Å². The topological polar surface area (TPSA) is 59.8 Å². The molecule has 2 rings (SSSR count). The number of carbonyl (C=O) groups is 1. The minimum atomic E-state index is -0.106. The monoisotopic (exact) mass is 364 g/mol. The Morgan fingerprint density at radius 2 is 2.29 bits per heavy atom. The van der Waals surface area contributed by atoms with Crippen LogP contribution in [0.2, 0.25) is 5.02 Å². The number of rotatable bonds is 9. The van der Waals surface area contributed by atoms with E-state index in [4.69, 9.17) is 11.6 Å². The summed E-state index contributed by atoms with van der Waals surface area (Å²) >= 11 is 7.28. The van der Waals surface area contributed by atoms with E-state index in [0.717, 1.165) is 30.2 Å². The molecule has 0 bridgehead atoms. The molecule has 1 aromatic carbocycles. The SMILES string of the molecule is C=CCn1c(CCCC)nnc1SCC(=O)Nc1cccc(Cl)c1. The van der Waals surface area contributed by atoms with Crippen LogP contribution in [0.5, 0.6) is 0 Å². The predicted molar refractivity (Wildman–Crippen MR) is 99.6 cm³/mol. The average Bonchev–Trinajstić information content (AvgIpc) is 2.93. The Hall–Kier alpha value is -1.79. The molecular formula is C17H21ClN4OS. The van der Waals surface area contributed by atoms with Crippen molar-refractivity contribution in [2.75, 3.05) is 11.1 Å². The second kappa shape index (κ2) is 9.49. The van der Waals surface area contributed by atoms with E-state index < -0.39 is 0 Å². The number of unbranched alkanes of at least 4 members (excludes halogenated alkanes) is 1. The first-order valence-electron chi connectivity index (χ1n) is 7.85. The number of hydrogen-bond donors (Lipinski definition) is 1. The number of benzene rings is 1. The molecule has 24 heavy (non-hydrogen) atoms. The molecule has 1 aromatic heterocycles. The van der Waals surface area contributed by atoms with E-state index in [1.807, 2.05) is 10.6 Å². The zero-order valence-corrected chi connectivity index (χ0v) is 15.2. The van der Waals surface area contributed by atoms with Crippen molar-refractivity contribution in [3.8, 4) is 0 Å². The molecule has 0 spiro atoms. The van der Waals surface area contributed by atoms with E-state index in [9.17, 15) is 4.79 Å². The van der Waals surface area contributed by atoms with Gasteiger partial charge < -0.3 is 9.88 Å². The molecule has 2 aromatic rings. The summed E-state index contributed by atoms with van der Waals surface area (Å²) in [5, 5.41) is 12.6. The number of nitrogens with zero attached hydrogens (tertiary/aromatic N) is 3. The van der Waals surface area contributed by atoms with Gasteiger partial charge in [-0.2, -0.15) is 0 Å². The van der Waals surface area contributed by atoms with Crippen LogP contribution in [0, 0.1) is 0 Å². The number of nitrogens with one attached hydrogen (secondary N) is 1. The van der Waals surface area contributed by atoms with Crippen molar-refractivity contribution in [1.29, 1.82) is 0 Å². The molecule has 5 nitrogen and oxygen atoms in total. The molecule has 0 radical (unpaired) electrons. The Bertz CT molecular complexity index is 702. The van der Waals surface area contributed by atoms with Crippen LogP contribution in [0.25, 0.3) is 0 Å². The molecule has 0 aliphatic carbocycles.